The van der Waals surface area contributed by atoms with Crippen LogP contribution in [0.5, 0.6) is 0 Å². The maximum absolute atomic E-state index is 12.9. The molecule has 36 heavy (non-hydrogen) atoms. The van der Waals surface area contributed by atoms with Gasteiger partial charge < -0.3 is 31.9 Å². The average Bonchev–Trinajstić information content (AvgIpc) is 2.76. The summed E-state index contributed by atoms with van der Waals surface area (Å²) in [7, 11) is 0. The molecule has 9 heteroatoms. The zero-order chi connectivity index (χ0) is 26.9. The maximum atomic E-state index is 12.9. The van der Waals surface area contributed by atoms with Crippen LogP contribution in [-0.2, 0) is 4.74 Å². The van der Waals surface area contributed by atoms with Crippen molar-refractivity contribution in [3.63, 3.8) is 0 Å². The van der Waals surface area contributed by atoms with E-state index in [9.17, 15) is 14.7 Å². The zero-order valence-corrected chi connectivity index (χ0v) is 21.7. The van der Waals surface area contributed by atoms with E-state index in [0.717, 1.165) is 5.56 Å². The number of aryl methyl sites for hydroxylation is 1. The number of benzene rings is 2. The lowest BCUT2D eigenvalue weighted by Gasteiger charge is -2.25. The van der Waals surface area contributed by atoms with Gasteiger partial charge in [-0.15, -0.1) is 0 Å². The molecule has 2 amide bonds. The molecule has 0 saturated heterocycles. The smallest absolute Gasteiger partial charge is 0.255 e. The highest BCUT2D eigenvalue weighted by atomic mass is 16.6. The van der Waals surface area contributed by atoms with Crippen molar-refractivity contribution >= 4 is 23.2 Å². The summed E-state index contributed by atoms with van der Waals surface area (Å²) in [6, 6.07) is 11.7. The summed E-state index contributed by atoms with van der Waals surface area (Å²) in [6.45, 7) is 9.66. The van der Waals surface area contributed by atoms with Gasteiger partial charge in [0.1, 0.15) is 0 Å². The molecule has 9 nitrogen and oxygen atoms in total. The Balaban J connectivity index is 2.05. The van der Waals surface area contributed by atoms with E-state index in [4.69, 9.17) is 16.2 Å². The van der Waals surface area contributed by atoms with E-state index in [1.54, 1.807) is 31.2 Å². The van der Waals surface area contributed by atoms with E-state index in [0.29, 0.717) is 41.9 Å². The van der Waals surface area contributed by atoms with E-state index in [-0.39, 0.29) is 23.5 Å². The number of aliphatic hydroxyl groups excluding tert-OH is 1. The normalized spacial score (nSPS) is 13.7. The number of nitrogens with one attached hydrogen (secondary N) is 3. The van der Waals surface area contributed by atoms with Gasteiger partial charge in [0, 0.05) is 35.2 Å². The molecule has 2 rings (SSSR count). The monoisotopic (exact) mass is 497 g/mol. The lowest BCUT2D eigenvalue weighted by atomic mass is 10.1. The Kier molecular flexibility index (Phi) is 10.5. The van der Waals surface area contributed by atoms with E-state index < -0.39 is 12.0 Å². The van der Waals surface area contributed by atoms with E-state index in [1.165, 1.54) is 6.07 Å². The van der Waals surface area contributed by atoms with Gasteiger partial charge in [-0.2, -0.15) is 0 Å². The van der Waals surface area contributed by atoms with Crippen LogP contribution in [0.2, 0.25) is 0 Å². The Bertz CT molecular complexity index is 1060. The molecule has 0 bridgehead atoms. The number of carbonyl (C=O) groups is 2. The fraction of sp³-hybridized carbons (Fsp3) is 0.407. The molecule has 196 valence electrons. The molecule has 2 unspecified atom stereocenters. The first-order valence-corrected chi connectivity index (χ1v) is 11.9. The molecule has 0 heterocycles. The summed E-state index contributed by atoms with van der Waals surface area (Å²) < 4.78 is 5.46. The molecule has 8 N–H and O–H groups in total. The molecular weight excluding hydrogens is 458 g/mol. The van der Waals surface area contributed by atoms with Gasteiger partial charge >= 0.3 is 0 Å². The number of nitrogen functional groups attached to an aromatic ring is 2. The predicted octanol–water partition coefficient (Wildman–Crippen LogP) is 3.05. The molecule has 0 aliphatic carbocycles. The maximum Gasteiger partial charge on any atom is 0.255 e. The topological polar surface area (TPSA) is 152 Å². The van der Waals surface area contributed by atoms with Crippen molar-refractivity contribution in [1.82, 2.24) is 16.0 Å². The zero-order valence-electron chi connectivity index (χ0n) is 21.7. The number of nitrogens with two attached hydrogens (primary N) is 2. The Labute approximate surface area is 213 Å². The van der Waals surface area contributed by atoms with Gasteiger partial charge in [-0.05, 0) is 77.8 Å². The first-order chi connectivity index (χ1) is 16.8. The van der Waals surface area contributed by atoms with Gasteiger partial charge in [-0.3, -0.25) is 14.9 Å². The molecule has 0 fully saturated rings. The van der Waals surface area contributed by atoms with Gasteiger partial charge in [0.05, 0.1) is 11.2 Å². The molecule has 0 aliphatic heterocycles. The SMILES string of the molecule is C/C(=C\CC(CCNC(O)OC(C)(C)C)NC(=O)c1ccc(N)cc1N)NC(=O)c1ccc(C)cc1. The van der Waals surface area contributed by atoms with Gasteiger partial charge in [0.25, 0.3) is 11.8 Å². The largest absolute Gasteiger partial charge is 0.399 e. The third-order valence-electron chi connectivity index (χ3n) is 5.27. The van der Waals surface area contributed by atoms with E-state index >= 15 is 0 Å². The van der Waals surface area contributed by atoms with Crippen LogP contribution in [0.3, 0.4) is 0 Å². The first-order valence-electron chi connectivity index (χ1n) is 11.9. The fourth-order valence-electron chi connectivity index (χ4n) is 3.38. The third-order valence-corrected chi connectivity index (χ3v) is 5.27. The number of amides is 2. The third kappa shape index (κ3) is 10.1. The van der Waals surface area contributed by atoms with Crippen molar-refractivity contribution in [2.75, 3.05) is 18.0 Å². The Hall–Kier alpha value is -3.40. The Morgan fingerprint density at radius 2 is 1.75 bits per heavy atom. The van der Waals surface area contributed by atoms with Crippen molar-refractivity contribution < 1.29 is 19.4 Å². The summed E-state index contributed by atoms with van der Waals surface area (Å²) in [5, 5.41) is 18.8. The number of anilines is 2. The summed E-state index contributed by atoms with van der Waals surface area (Å²) >= 11 is 0. The van der Waals surface area contributed by atoms with Crippen LogP contribution in [-0.4, -0.2) is 41.5 Å². The summed E-state index contributed by atoms with van der Waals surface area (Å²) in [6.07, 6.45) is 1.64. The fourth-order valence-corrected chi connectivity index (χ4v) is 3.38. The van der Waals surface area contributed by atoms with Crippen LogP contribution in [0.15, 0.2) is 54.2 Å². The highest BCUT2D eigenvalue weighted by Crippen LogP contribution is 2.16. The number of allylic oxidation sites excluding steroid dienone is 1. The predicted molar refractivity (Wildman–Crippen MR) is 143 cm³/mol. The minimum absolute atomic E-state index is 0.205. The second kappa shape index (κ2) is 13.1. The summed E-state index contributed by atoms with van der Waals surface area (Å²) in [5.41, 5.74) is 14.6. The number of aliphatic hydroxyl groups is 1. The molecule has 2 aromatic rings. The van der Waals surface area contributed by atoms with E-state index in [2.05, 4.69) is 16.0 Å². The first kappa shape index (κ1) is 28.8. The molecule has 0 spiro atoms. The summed E-state index contributed by atoms with van der Waals surface area (Å²) in [4.78, 5) is 25.4. The molecular formula is C27H39N5O4. The van der Waals surface area contributed by atoms with Crippen molar-refractivity contribution in [2.45, 2.75) is 65.5 Å². The lowest BCUT2D eigenvalue weighted by Crippen LogP contribution is -2.42. The highest BCUT2D eigenvalue weighted by Gasteiger charge is 2.18. The Morgan fingerprint density at radius 1 is 1.08 bits per heavy atom. The lowest BCUT2D eigenvalue weighted by molar-refractivity contribution is -0.181. The number of hydrogen-bond acceptors (Lipinski definition) is 7. The molecule has 0 aliphatic rings. The second-order valence-electron chi connectivity index (χ2n) is 9.79. The van der Waals surface area contributed by atoms with Crippen LogP contribution in [0.4, 0.5) is 11.4 Å². The summed E-state index contributed by atoms with van der Waals surface area (Å²) in [5.74, 6) is -0.540. The van der Waals surface area contributed by atoms with Crippen LogP contribution >= 0.6 is 0 Å². The number of ether oxygens (including phenoxy) is 1. The highest BCUT2D eigenvalue weighted by molar-refractivity contribution is 5.99. The standard InChI is InChI=1S/C27H39N5O4/c1-17-6-9-19(10-7-17)24(33)31-18(2)8-12-21(14-15-30-26(35)36-27(3,4)5)32-25(34)22-13-11-20(28)16-23(22)29/h6-11,13,16,21,26,30,35H,12,14-15,28-29H2,1-5H3,(H,31,33)(H,32,34)/b18-8+. The quantitative estimate of drug-likeness (QED) is 0.206. The molecule has 2 aromatic carbocycles. The van der Waals surface area contributed by atoms with Crippen LogP contribution < -0.4 is 27.4 Å². The minimum atomic E-state index is -1.14. The van der Waals surface area contributed by atoms with Crippen molar-refractivity contribution in [3.8, 4) is 0 Å². The molecule has 0 aromatic heterocycles. The van der Waals surface area contributed by atoms with Gasteiger partial charge in [-0.25, -0.2) is 0 Å². The number of rotatable bonds is 11. The Morgan fingerprint density at radius 3 is 2.36 bits per heavy atom. The van der Waals surface area contributed by atoms with Crippen LogP contribution in [0.25, 0.3) is 0 Å². The molecule has 0 radical (unpaired) electrons. The number of carbonyl (C=O) groups excluding carboxylic acids is 2. The molecule has 0 saturated carbocycles. The molecule has 2 atom stereocenters. The van der Waals surface area contributed by atoms with Crippen molar-refractivity contribution in [3.05, 3.63) is 70.9 Å². The van der Waals surface area contributed by atoms with Gasteiger partial charge in [-0.1, -0.05) is 23.8 Å². The van der Waals surface area contributed by atoms with Gasteiger partial charge in [0.2, 0.25) is 6.41 Å². The van der Waals surface area contributed by atoms with Gasteiger partial charge in [0.15, 0.2) is 0 Å². The van der Waals surface area contributed by atoms with Crippen LogP contribution in [0, 0.1) is 6.92 Å². The van der Waals surface area contributed by atoms with Crippen molar-refractivity contribution in [1.29, 1.82) is 0 Å². The van der Waals surface area contributed by atoms with Crippen molar-refractivity contribution in [2.24, 2.45) is 0 Å². The van der Waals surface area contributed by atoms with Crippen LogP contribution in [0.1, 0.15) is 66.8 Å². The second-order valence-corrected chi connectivity index (χ2v) is 9.79. The minimum Gasteiger partial charge on any atom is -0.399 e. The van der Waals surface area contributed by atoms with E-state index in [1.807, 2.05) is 45.9 Å². The number of hydrogen-bond donors (Lipinski definition) is 6. The average molecular weight is 498 g/mol.